The largest absolute Gasteiger partial charge is 0.634 e. The van der Waals surface area contributed by atoms with Crippen LogP contribution in [0, 0.1) is 0 Å². The van der Waals surface area contributed by atoms with Gasteiger partial charge in [0.1, 0.15) is 0 Å². The zero-order valence-corrected chi connectivity index (χ0v) is 9.76. The van der Waals surface area contributed by atoms with Gasteiger partial charge in [-0.1, -0.05) is 39.0 Å². The number of hydrogen-bond donors (Lipinski definition) is 2. The summed E-state index contributed by atoms with van der Waals surface area (Å²) in [5, 5.41) is 16.7. The fourth-order valence-corrected chi connectivity index (χ4v) is 1.90. The molecular formula is C9H21BO3S. The Balaban J connectivity index is 2.85. The highest BCUT2D eigenvalue weighted by atomic mass is 32.2. The van der Waals surface area contributed by atoms with E-state index in [1.165, 1.54) is 38.5 Å². The molecule has 0 aliphatic rings. The van der Waals surface area contributed by atoms with Crippen LogP contribution in [0.3, 0.4) is 0 Å². The Morgan fingerprint density at radius 1 is 1.07 bits per heavy atom. The van der Waals surface area contributed by atoms with Gasteiger partial charge in [-0.15, -0.1) is 11.8 Å². The quantitative estimate of drug-likeness (QED) is 0.336. The average molecular weight is 220 g/mol. The van der Waals surface area contributed by atoms with Crippen LogP contribution >= 0.6 is 11.8 Å². The maximum absolute atomic E-state index is 8.37. The third-order valence-corrected chi connectivity index (χ3v) is 2.82. The van der Waals surface area contributed by atoms with E-state index in [9.17, 15) is 0 Å². The van der Waals surface area contributed by atoms with Crippen molar-refractivity contribution in [1.29, 1.82) is 0 Å². The SMILES string of the molecule is CCCCCCCCSCOB(O)O. The summed E-state index contributed by atoms with van der Waals surface area (Å²) in [6.07, 6.45) is 7.75. The summed E-state index contributed by atoms with van der Waals surface area (Å²) in [6, 6.07) is 0. The fourth-order valence-electron chi connectivity index (χ4n) is 1.15. The van der Waals surface area contributed by atoms with Crippen LogP contribution in [-0.2, 0) is 4.65 Å². The predicted octanol–water partition coefficient (Wildman–Crippen LogP) is 2.02. The molecule has 0 saturated heterocycles. The third-order valence-electron chi connectivity index (χ3n) is 1.94. The van der Waals surface area contributed by atoms with Crippen molar-refractivity contribution in [3.05, 3.63) is 0 Å². The Kier molecular flexibility index (Phi) is 11.6. The van der Waals surface area contributed by atoms with E-state index < -0.39 is 7.32 Å². The molecule has 0 spiro atoms. The molecule has 84 valence electrons. The number of thioether (sulfide) groups is 1. The number of rotatable bonds is 10. The molecule has 5 heteroatoms. The predicted molar refractivity (Wildman–Crippen MR) is 62.0 cm³/mol. The topological polar surface area (TPSA) is 49.7 Å². The van der Waals surface area contributed by atoms with Crippen LogP contribution in [0.2, 0.25) is 0 Å². The summed E-state index contributed by atoms with van der Waals surface area (Å²) >= 11 is 1.60. The molecule has 0 radical (unpaired) electrons. The highest BCUT2D eigenvalue weighted by Gasteiger charge is 2.06. The van der Waals surface area contributed by atoms with Gasteiger partial charge in [-0.2, -0.15) is 0 Å². The van der Waals surface area contributed by atoms with E-state index in [1.807, 2.05) is 0 Å². The molecule has 0 aliphatic heterocycles. The summed E-state index contributed by atoms with van der Waals surface area (Å²) in [7, 11) is -1.62. The summed E-state index contributed by atoms with van der Waals surface area (Å²) in [5.41, 5.74) is 0. The lowest BCUT2D eigenvalue weighted by atomic mass is 10.1. The maximum Gasteiger partial charge on any atom is 0.634 e. The first kappa shape index (κ1) is 14.3. The summed E-state index contributed by atoms with van der Waals surface area (Å²) in [5.74, 6) is 1.41. The van der Waals surface area contributed by atoms with Crippen LogP contribution in [-0.4, -0.2) is 29.1 Å². The lowest BCUT2D eigenvalue weighted by Gasteiger charge is -2.02. The van der Waals surface area contributed by atoms with Crippen LogP contribution in [0.5, 0.6) is 0 Å². The monoisotopic (exact) mass is 220 g/mol. The first-order valence-electron chi connectivity index (χ1n) is 5.33. The zero-order chi connectivity index (χ0) is 10.6. The Bertz CT molecular complexity index is 114. The van der Waals surface area contributed by atoms with Gasteiger partial charge < -0.3 is 14.7 Å². The van der Waals surface area contributed by atoms with E-state index >= 15 is 0 Å². The van der Waals surface area contributed by atoms with E-state index in [0.29, 0.717) is 5.94 Å². The molecule has 0 bridgehead atoms. The molecule has 0 saturated carbocycles. The fraction of sp³-hybridized carbons (Fsp3) is 1.00. The Labute approximate surface area is 91.4 Å². The molecule has 0 fully saturated rings. The number of hydrogen-bond acceptors (Lipinski definition) is 4. The summed E-state index contributed by atoms with van der Waals surface area (Å²) in [6.45, 7) is 2.22. The van der Waals surface area contributed by atoms with E-state index in [4.69, 9.17) is 10.0 Å². The van der Waals surface area contributed by atoms with Crippen molar-refractivity contribution in [2.24, 2.45) is 0 Å². The molecule has 0 heterocycles. The van der Waals surface area contributed by atoms with Gasteiger partial charge in [0.15, 0.2) is 0 Å². The second-order valence-corrected chi connectivity index (χ2v) is 4.34. The van der Waals surface area contributed by atoms with E-state index in [1.54, 1.807) is 11.8 Å². The molecular weight excluding hydrogens is 199 g/mol. The van der Waals surface area contributed by atoms with Crippen molar-refractivity contribution in [2.45, 2.75) is 45.4 Å². The Hall–Kier alpha value is 0.295. The van der Waals surface area contributed by atoms with Crippen LogP contribution in [0.1, 0.15) is 45.4 Å². The normalized spacial score (nSPS) is 10.5. The van der Waals surface area contributed by atoms with E-state index in [2.05, 4.69) is 11.6 Å². The minimum Gasteiger partial charge on any atom is -0.402 e. The molecule has 0 amide bonds. The van der Waals surface area contributed by atoms with Crippen molar-refractivity contribution < 1.29 is 14.7 Å². The molecule has 0 atom stereocenters. The summed E-state index contributed by atoms with van der Waals surface area (Å²) < 4.78 is 4.56. The van der Waals surface area contributed by atoms with Gasteiger partial charge in [-0.05, 0) is 12.2 Å². The van der Waals surface area contributed by atoms with Gasteiger partial charge in [0.25, 0.3) is 0 Å². The van der Waals surface area contributed by atoms with Crippen molar-refractivity contribution in [2.75, 3.05) is 11.7 Å². The second kappa shape index (κ2) is 11.4. The molecule has 0 unspecified atom stereocenters. The molecule has 0 aromatic carbocycles. The van der Waals surface area contributed by atoms with Gasteiger partial charge >= 0.3 is 7.32 Å². The van der Waals surface area contributed by atoms with Crippen molar-refractivity contribution >= 4 is 19.1 Å². The smallest absolute Gasteiger partial charge is 0.402 e. The highest BCUT2D eigenvalue weighted by molar-refractivity contribution is 7.99. The van der Waals surface area contributed by atoms with Crippen LogP contribution in [0.15, 0.2) is 0 Å². The average Bonchev–Trinajstić information content (AvgIpc) is 2.15. The first-order valence-corrected chi connectivity index (χ1v) is 6.48. The van der Waals surface area contributed by atoms with Gasteiger partial charge in [-0.25, -0.2) is 0 Å². The number of unbranched alkanes of at least 4 members (excludes halogenated alkanes) is 5. The van der Waals surface area contributed by atoms with E-state index in [-0.39, 0.29) is 0 Å². The highest BCUT2D eigenvalue weighted by Crippen LogP contribution is 2.09. The third kappa shape index (κ3) is 12.3. The van der Waals surface area contributed by atoms with Crippen LogP contribution in [0.4, 0.5) is 0 Å². The standard InChI is InChI=1S/C9H21BO3S/c1-2-3-4-5-6-7-8-14-9-13-10(11)12/h11-12H,2-9H2,1H3. The van der Waals surface area contributed by atoms with Crippen molar-refractivity contribution in [1.82, 2.24) is 0 Å². The maximum atomic E-state index is 8.37. The zero-order valence-electron chi connectivity index (χ0n) is 8.95. The molecule has 2 N–H and O–H groups in total. The van der Waals surface area contributed by atoms with Crippen LogP contribution in [0.25, 0.3) is 0 Å². The van der Waals surface area contributed by atoms with Crippen LogP contribution < -0.4 is 0 Å². The minimum absolute atomic E-state index is 0.368. The second-order valence-electron chi connectivity index (χ2n) is 3.29. The van der Waals surface area contributed by atoms with Crippen molar-refractivity contribution in [3.63, 3.8) is 0 Å². The van der Waals surface area contributed by atoms with Gasteiger partial charge in [-0.3, -0.25) is 0 Å². The molecule has 0 aromatic rings. The van der Waals surface area contributed by atoms with Gasteiger partial charge in [0.2, 0.25) is 0 Å². The molecule has 3 nitrogen and oxygen atoms in total. The molecule has 0 aliphatic carbocycles. The first-order chi connectivity index (χ1) is 6.77. The molecule has 14 heavy (non-hydrogen) atoms. The van der Waals surface area contributed by atoms with Gasteiger partial charge in [0, 0.05) is 0 Å². The Morgan fingerprint density at radius 2 is 1.71 bits per heavy atom. The Morgan fingerprint density at radius 3 is 2.36 bits per heavy atom. The lowest BCUT2D eigenvalue weighted by Crippen LogP contribution is -2.16. The molecule has 0 aromatic heterocycles. The molecule has 0 rings (SSSR count). The summed E-state index contributed by atoms with van der Waals surface area (Å²) in [4.78, 5) is 0. The van der Waals surface area contributed by atoms with E-state index in [0.717, 1.165) is 5.75 Å². The van der Waals surface area contributed by atoms with Crippen molar-refractivity contribution in [3.8, 4) is 0 Å². The lowest BCUT2D eigenvalue weighted by molar-refractivity contribution is 0.220. The minimum atomic E-state index is -1.62. The van der Waals surface area contributed by atoms with Gasteiger partial charge in [0.05, 0.1) is 5.94 Å².